The van der Waals surface area contributed by atoms with Crippen LogP contribution in [0.15, 0.2) is 0 Å². The molecule has 0 aliphatic carbocycles. The van der Waals surface area contributed by atoms with Gasteiger partial charge >= 0.3 is 0 Å². The Morgan fingerprint density at radius 3 is 2.25 bits per heavy atom. The van der Waals surface area contributed by atoms with E-state index in [2.05, 4.69) is 0 Å². The Balaban J connectivity index is 1.90. The number of likely N-dealkylation sites (tertiary alicyclic amines) is 1. The highest BCUT2D eigenvalue weighted by Crippen LogP contribution is 2.25. The van der Waals surface area contributed by atoms with Gasteiger partial charge in [0.1, 0.15) is 0 Å². The van der Waals surface area contributed by atoms with Gasteiger partial charge in [0.05, 0.1) is 11.5 Å². The lowest BCUT2D eigenvalue weighted by molar-refractivity contribution is -0.142. The number of carbonyl (C=O) groups excluding carboxylic acids is 2. The molecule has 0 aromatic rings. The molecule has 0 bridgehead atoms. The molecule has 2 fully saturated rings. The van der Waals surface area contributed by atoms with Gasteiger partial charge in [0.25, 0.3) is 0 Å². The average molecular weight is 359 g/mol. The zero-order valence-corrected chi connectivity index (χ0v) is 15.8. The Morgan fingerprint density at radius 2 is 1.79 bits per heavy atom. The van der Waals surface area contributed by atoms with Gasteiger partial charge in [-0.3, -0.25) is 9.59 Å². The Morgan fingerprint density at radius 1 is 1.17 bits per heavy atom. The fourth-order valence-corrected chi connectivity index (χ4v) is 5.43. The third-order valence-corrected chi connectivity index (χ3v) is 6.80. The Hall–Kier alpha value is -1.11. The fourth-order valence-electron chi connectivity index (χ4n) is 3.70. The van der Waals surface area contributed by atoms with Crippen LogP contribution in [0.3, 0.4) is 0 Å². The second kappa shape index (κ2) is 7.85. The van der Waals surface area contributed by atoms with Crippen LogP contribution in [-0.2, 0) is 19.4 Å². The molecular weight excluding hydrogens is 328 g/mol. The maximum absolute atomic E-state index is 12.8. The number of amides is 2. The summed E-state index contributed by atoms with van der Waals surface area (Å²) in [6.45, 7) is 7.77. The molecule has 2 amide bonds. The summed E-state index contributed by atoms with van der Waals surface area (Å²) in [5, 5.41) is 0. The van der Waals surface area contributed by atoms with Crippen molar-refractivity contribution in [2.45, 2.75) is 52.5 Å². The predicted molar refractivity (Wildman–Crippen MR) is 93.2 cm³/mol. The van der Waals surface area contributed by atoms with Crippen LogP contribution in [0.4, 0.5) is 0 Å². The minimum Gasteiger partial charge on any atom is -0.343 e. The third kappa shape index (κ3) is 4.71. The van der Waals surface area contributed by atoms with Crippen molar-refractivity contribution in [1.82, 2.24) is 9.80 Å². The van der Waals surface area contributed by atoms with Gasteiger partial charge in [0.15, 0.2) is 9.84 Å². The zero-order valence-electron chi connectivity index (χ0n) is 15.0. The van der Waals surface area contributed by atoms with Crippen LogP contribution in [0.1, 0.15) is 46.5 Å². The number of hydrogen-bond acceptors (Lipinski definition) is 4. The van der Waals surface area contributed by atoms with E-state index < -0.39 is 9.84 Å². The number of nitrogens with zero attached hydrogens (tertiary/aromatic N) is 2. The third-order valence-electron chi connectivity index (χ3n) is 5.05. The molecule has 6 nitrogen and oxygen atoms in total. The smallest absolute Gasteiger partial charge is 0.226 e. The van der Waals surface area contributed by atoms with E-state index >= 15 is 0 Å². The second-order valence-electron chi connectivity index (χ2n) is 7.43. The highest BCUT2D eigenvalue weighted by atomic mass is 32.2. The molecule has 1 atom stereocenters. The van der Waals surface area contributed by atoms with Crippen LogP contribution in [0.5, 0.6) is 0 Å². The summed E-state index contributed by atoms with van der Waals surface area (Å²) in [5.41, 5.74) is 0. The maximum Gasteiger partial charge on any atom is 0.226 e. The van der Waals surface area contributed by atoms with Crippen LogP contribution in [0, 0.1) is 11.8 Å². The molecule has 7 heteroatoms. The summed E-state index contributed by atoms with van der Waals surface area (Å²) in [7, 11) is -2.99. The summed E-state index contributed by atoms with van der Waals surface area (Å²) in [6, 6.07) is -0.173. The first-order chi connectivity index (χ1) is 11.2. The molecular formula is C17H30N2O4S. The van der Waals surface area contributed by atoms with Crippen LogP contribution in [-0.4, -0.2) is 67.2 Å². The molecule has 0 N–H and O–H groups in total. The quantitative estimate of drug-likeness (QED) is 0.742. The highest BCUT2D eigenvalue weighted by molar-refractivity contribution is 7.91. The van der Waals surface area contributed by atoms with E-state index in [1.807, 2.05) is 25.7 Å². The first-order valence-corrected chi connectivity index (χ1v) is 10.8. The molecule has 0 aromatic carbocycles. The van der Waals surface area contributed by atoms with Gasteiger partial charge in [-0.25, -0.2) is 8.42 Å². The summed E-state index contributed by atoms with van der Waals surface area (Å²) in [4.78, 5) is 28.5. The van der Waals surface area contributed by atoms with E-state index in [4.69, 9.17) is 0 Å². The first-order valence-electron chi connectivity index (χ1n) is 9.02. The van der Waals surface area contributed by atoms with Gasteiger partial charge in [-0.1, -0.05) is 13.8 Å². The number of sulfone groups is 1. The standard InChI is InChI=1S/C17H30N2O4S/c1-4-19(15-7-10-24(22,23)12-15)17(21)14-5-8-18(9-6-14)16(20)11-13(2)3/h13-15H,4-12H2,1-3H3. The minimum absolute atomic E-state index is 0.0653. The van der Waals surface area contributed by atoms with Crippen molar-refractivity contribution in [3.05, 3.63) is 0 Å². The SMILES string of the molecule is CCN(C(=O)C1CCN(C(=O)CC(C)C)CC1)C1CCS(=O)(=O)C1. The van der Waals surface area contributed by atoms with Gasteiger partial charge < -0.3 is 9.80 Å². The van der Waals surface area contributed by atoms with Crippen molar-refractivity contribution in [1.29, 1.82) is 0 Å². The van der Waals surface area contributed by atoms with E-state index in [9.17, 15) is 18.0 Å². The second-order valence-corrected chi connectivity index (χ2v) is 9.66. The molecule has 0 radical (unpaired) electrons. The average Bonchev–Trinajstić information content (AvgIpc) is 2.87. The molecule has 0 aromatic heterocycles. The van der Waals surface area contributed by atoms with Crippen molar-refractivity contribution in [3.63, 3.8) is 0 Å². The first kappa shape index (κ1) is 19.2. The Labute approximate surface area is 145 Å². The summed E-state index contributed by atoms with van der Waals surface area (Å²) in [6.07, 6.45) is 2.46. The van der Waals surface area contributed by atoms with Crippen molar-refractivity contribution in [2.75, 3.05) is 31.1 Å². The molecule has 2 heterocycles. The Bertz CT molecular complexity index is 565. The van der Waals surface area contributed by atoms with Crippen molar-refractivity contribution < 1.29 is 18.0 Å². The van der Waals surface area contributed by atoms with Crippen LogP contribution < -0.4 is 0 Å². The normalized spacial score (nSPS) is 24.3. The van der Waals surface area contributed by atoms with E-state index in [0.29, 0.717) is 51.2 Å². The molecule has 1 unspecified atom stereocenters. The lowest BCUT2D eigenvalue weighted by Crippen LogP contribution is -2.48. The summed E-state index contributed by atoms with van der Waals surface area (Å²) >= 11 is 0. The van der Waals surface area contributed by atoms with Crippen molar-refractivity contribution >= 4 is 21.7 Å². The maximum atomic E-state index is 12.8. The molecule has 2 aliphatic heterocycles. The van der Waals surface area contributed by atoms with Gasteiger partial charge in [-0.2, -0.15) is 0 Å². The number of hydrogen-bond donors (Lipinski definition) is 0. The molecule has 24 heavy (non-hydrogen) atoms. The molecule has 138 valence electrons. The number of rotatable bonds is 5. The monoisotopic (exact) mass is 358 g/mol. The molecule has 2 aliphatic rings. The molecule has 0 saturated carbocycles. The van der Waals surface area contributed by atoms with Gasteiger partial charge in [0, 0.05) is 38.0 Å². The summed E-state index contributed by atoms with van der Waals surface area (Å²) < 4.78 is 23.4. The highest BCUT2D eigenvalue weighted by Gasteiger charge is 2.37. The van der Waals surface area contributed by atoms with Crippen LogP contribution in [0.25, 0.3) is 0 Å². The molecule has 0 spiro atoms. The lowest BCUT2D eigenvalue weighted by Gasteiger charge is -2.36. The molecule has 2 saturated heterocycles. The minimum atomic E-state index is -2.99. The van der Waals surface area contributed by atoms with Gasteiger partial charge in [0.2, 0.25) is 11.8 Å². The fraction of sp³-hybridized carbons (Fsp3) is 0.882. The molecule has 2 rings (SSSR count). The van der Waals surface area contributed by atoms with E-state index in [1.165, 1.54) is 0 Å². The van der Waals surface area contributed by atoms with E-state index in [0.717, 1.165) is 0 Å². The van der Waals surface area contributed by atoms with E-state index in [1.54, 1.807) is 4.90 Å². The number of piperidine rings is 1. The lowest BCUT2D eigenvalue weighted by atomic mass is 9.94. The Kier molecular flexibility index (Phi) is 6.28. The summed E-state index contributed by atoms with van der Waals surface area (Å²) in [5.74, 6) is 0.774. The predicted octanol–water partition coefficient (Wildman–Crippen LogP) is 1.31. The topological polar surface area (TPSA) is 74.8 Å². The number of carbonyl (C=O) groups is 2. The van der Waals surface area contributed by atoms with Crippen LogP contribution >= 0.6 is 0 Å². The van der Waals surface area contributed by atoms with E-state index in [-0.39, 0.29) is 35.3 Å². The zero-order chi connectivity index (χ0) is 17.9. The van der Waals surface area contributed by atoms with Crippen LogP contribution in [0.2, 0.25) is 0 Å². The van der Waals surface area contributed by atoms with Gasteiger partial charge in [-0.15, -0.1) is 0 Å². The van der Waals surface area contributed by atoms with Crippen molar-refractivity contribution in [3.8, 4) is 0 Å². The van der Waals surface area contributed by atoms with Crippen molar-refractivity contribution in [2.24, 2.45) is 11.8 Å². The van der Waals surface area contributed by atoms with Gasteiger partial charge in [-0.05, 0) is 32.1 Å². The largest absolute Gasteiger partial charge is 0.343 e.